The largest absolute Gasteiger partial charge is 0.367 e. The van der Waals surface area contributed by atoms with Crippen molar-refractivity contribution in [3.05, 3.63) is 48.6 Å². The second kappa shape index (κ2) is 16.1. The fourth-order valence-electron chi connectivity index (χ4n) is 11.8. The highest BCUT2D eigenvalue weighted by molar-refractivity contribution is 7.87. The van der Waals surface area contributed by atoms with Gasteiger partial charge >= 0.3 is 10.2 Å². The molecule has 60 heavy (non-hydrogen) atoms. The number of nitrogens with one attached hydrogen (secondary N) is 4. The van der Waals surface area contributed by atoms with Gasteiger partial charge in [0.25, 0.3) is 11.8 Å². The van der Waals surface area contributed by atoms with Crippen LogP contribution in [-0.4, -0.2) is 97.6 Å². The summed E-state index contributed by atoms with van der Waals surface area (Å²) in [6, 6.07) is 6.11. The Balaban J connectivity index is 1.16. The van der Waals surface area contributed by atoms with Gasteiger partial charge in [-0.25, -0.2) is 4.72 Å². The smallest absolute Gasteiger partial charge is 0.303 e. The second-order valence-electron chi connectivity index (χ2n) is 20.1. The van der Waals surface area contributed by atoms with Gasteiger partial charge in [-0.05, 0) is 79.1 Å². The number of ether oxygens (including phenoxy) is 1. The first-order valence-electron chi connectivity index (χ1n) is 22.0. The fraction of sp³-hybridized carbons (Fsp3) is 0.711. The van der Waals surface area contributed by atoms with Crippen molar-refractivity contribution in [2.24, 2.45) is 33.5 Å². The monoisotopic (exact) mass is 850 g/mol. The van der Waals surface area contributed by atoms with E-state index in [0.717, 1.165) is 51.4 Å². The topological polar surface area (TPSA) is 183 Å². The Bertz CT molecular complexity index is 1970. The van der Waals surface area contributed by atoms with Crippen molar-refractivity contribution in [2.45, 2.75) is 141 Å². The summed E-state index contributed by atoms with van der Waals surface area (Å²) >= 11 is 0. The third kappa shape index (κ3) is 7.47. The molecular formula is C45H66N6O8S. The van der Waals surface area contributed by atoms with Crippen molar-refractivity contribution >= 4 is 39.7 Å². The summed E-state index contributed by atoms with van der Waals surface area (Å²) in [5, 5.41) is 9.06. The molecule has 4 saturated carbocycles. The molecule has 1 aromatic rings. The average molecular weight is 851 g/mol. The second-order valence-corrected chi connectivity index (χ2v) is 21.8. The van der Waals surface area contributed by atoms with Crippen molar-refractivity contribution in [3.63, 3.8) is 0 Å². The van der Waals surface area contributed by atoms with Gasteiger partial charge in [-0.15, -0.1) is 6.58 Å². The van der Waals surface area contributed by atoms with Gasteiger partial charge in [0.15, 0.2) is 6.10 Å². The SMILES string of the molecule is C=C[C@@H]1C[C@]1(NC(=O)[C@@H]1C[C@@]2(CN1C(=O)[C@@H](NC(=O)C(NC(=O)[C@@H](OC)c1ccccc1)C1CCCCC1)C(C)(C)C)C(C)(C)C21CCC1)C(=O)NS(=O)(=O)N1CCCC1. The van der Waals surface area contributed by atoms with Crippen LogP contribution in [0, 0.1) is 33.5 Å². The van der Waals surface area contributed by atoms with Crippen molar-refractivity contribution in [1.82, 2.24) is 29.9 Å². The molecule has 0 bridgehead atoms. The fourth-order valence-corrected chi connectivity index (χ4v) is 13.0. The zero-order valence-electron chi connectivity index (χ0n) is 36.3. The van der Waals surface area contributed by atoms with Gasteiger partial charge in [0.2, 0.25) is 17.7 Å². The number of hydrogen-bond acceptors (Lipinski definition) is 8. The van der Waals surface area contributed by atoms with Crippen molar-refractivity contribution in [3.8, 4) is 0 Å². The van der Waals surface area contributed by atoms with E-state index in [0.29, 0.717) is 44.5 Å². The Morgan fingerprint density at radius 1 is 0.883 bits per heavy atom. The summed E-state index contributed by atoms with van der Waals surface area (Å²) in [5.41, 5.74) is -2.26. The highest BCUT2D eigenvalue weighted by Gasteiger charge is 2.85. The molecule has 4 aliphatic carbocycles. The summed E-state index contributed by atoms with van der Waals surface area (Å²) in [5.74, 6) is -3.34. The molecule has 2 aliphatic heterocycles. The van der Waals surface area contributed by atoms with Gasteiger partial charge in [-0.2, -0.15) is 12.7 Å². The first kappa shape index (κ1) is 44.2. The molecule has 7 atom stereocenters. The predicted molar refractivity (Wildman–Crippen MR) is 226 cm³/mol. The number of benzene rings is 1. The van der Waals surface area contributed by atoms with E-state index in [-0.39, 0.29) is 28.6 Å². The molecule has 6 aliphatic rings. The van der Waals surface area contributed by atoms with Gasteiger partial charge < -0.3 is 25.6 Å². The van der Waals surface area contributed by atoms with Crippen LogP contribution in [0.4, 0.5) is 0 Å². The van der Waals surface area contributed by atoms with Crippen molar-refractivity contribution < 1.29 is 37.1 Å². The number of hydrogen-bond donors (Lipinski definition) is 4. The van der Waals surface area contributed by atoms with Crippen molar-refractivity contribution in [2.75, 3.05) is 26.7 Å². The number of methoxy groups -OCH3 is 1. The van der Waals surface area contributed by atoms with Crippen molar-refractivity contribution in [1.29, 1.82) is 0 Å². The van der Waals surface area contributed by atoms with E-state index in [4.69, 9.17) is 4.74 Å². The molecule has 2 heterocycles. The Morgan fingerprint density at radius 3 is 2.07 bits per heavy atom. The summed E-state index contributed by atoms with van der Waals surface area (Å²) in [6.07, 6.45) is 9.96. The maximum absolute atomic E-state index is 15.3. The highest BCUT2D eigenvalue weighted by atomic mass is 32.2. The molecule has 330 valence electrons. The molecule has 1 unspecified atom stereocenters. The summed E-state index contributed by atoms with van der Waals surface area (Å²) in [4.78, 5) is 74.0. The number of amides is 5. The lowest BCUT2D eigenvalue weighted by atomic mass is 9.73. The zero-order chi connectivity index (χ0) is 43.5. The van der Waals surface area contributed by atoms with E-state index < -0.39 is 80.8 Å². The lowest BCUT2D eigenvalue weighted by Gasteiger charge is -2.38. The van der Waals surface area contributed by atoms with E-state index in [2.05, 4.69) is 41.1 Å². The molecule has 1 aromatic carbocycles. The molecule has 0 aromatic heterocycles. The molecule has 2 spiro atoms. The molecule has 7 rings (SSSR count). The van der Waals surface area contributed by atoms with E-state index in [9.17, 15) is 27.6 Å². The van der Waals surface area contributed by atoms with Crippen LogP contribution in [0.25, 0.3) is 0 Å². The van der Waals surface area contributed by atoms with Gasteiger partial charge in [0.1, 0.15) is 23.7 Å². The van der Waals surface area contributed by atoms with Crippen LogP contribution in [0.3, 0.4) is 0 Å². The molecule has 2 saturated heterocycles. The zero-order valence-corrected chi connectivity index (χ0v) is 37.1. The first-order chi connectivity index (χ1) is 28.3. The molecular weight excluding hydrogens is 785 g/mol. The summed E-state index contributed by atoms with van der Waals surface area (Å²) < 4.78 is 35.5. The minimum absolute atomic E-state index is 0.0386. The third-order valence-electron chi connectivity index (χ3n) is 15.8. The Labute approximate surface area is 355 Å². The molecule has 6 fully saturated rings. The minimum Gasteiger partial charge on any atom is -0.367 e. The highest BCUT2D eigenvalue weighted by Crippen LogP contribution is 2.88. The lowest BCUT2D eigenvalue weighted by molar-refractivity contribution is -0.145. The molecule has 14 nitrogen and oxygen atoms in total. The Hall–Kier alpha value is -3.82. The maximum Gasteiger partial charge on any atom is 0.303 e. The van der Waals surface area contributed by atoms with Crippen LogP contribution in [0.5, 0.6) is 0 Å². The van der Waals surface area contributed by atoms with E-state index in [1.165, 1.54) is 11.4 Å². The molecule has 5 amide bonds. The maximum atomic E-state index is 15.3. The van der Waals surface area contributed by atoms with Gasteiger partial charge in [0, 0.05) is 38.1 Å². The van der Waals surface area contributed by atoms with E-state index >= 15 is 4.79 Å². The van der Waals surface area contributed by atoms with Crippen LogP contribution in [-0.2, 0) is 38.9 Å². The summed E-state index contributed by atoms with van der Waals surface area (Å²) in [6.45, 7) is 14.8. The number of fused-ring (bicyclic) bond motifs is 1. The number of nitrogens with zero attached hydrogens (tertiary/aromatic N) is 2. The molecule has 0 radical (unpaired) electrons. The van der Waals surface area contributed by atoms with E-state index in [1.807, 2.05) is 39.0 Å². The molecule has 4 N–H and O–H groups in total. The standard InChI is InChI=1S/C45H66N6O8S/c1-8-31-26-45(31,40(56)49-60(57,58)50-24-15-16-25-50)48-36(52)32-27-44(42(5,6)43(44)22-17-23-43)28-51(32)39(55)35(41(2,3)4)47-37(53)33(29-18-11-9-12-19-29)46-38(54)34(59-7)30-20-13-10-14-21-30/h8,10,13-14,20-21,29,31-35H,1,9,11-12,15-19,22-28H2,2-7H3,(H,46,54)(H,47,53)(H,48,52)(H,49,56)/t31-,32+,33?,34+,35-,44-,45-/m1/s1. The van der Waals surface area contributed by atoms with Gasteiger partial charge in [-0.3, -0.25) is 24.0 Å². The first-order valence-corrected chi connectivity index (χ1v) is 23.5. The van der Waals surface area contributed by atoms with Gasteiger partial charge in [0.05, 0.1) is 0 Å². The van der Waals surface area contributed by atoms with Crippen LogP contribution < -0.4 is 20.7 Å². The lowest BCUT2D eigenvalue weighted by Crippen LogP contribution is -2.62. The average Bonchev–Trinajstić information content (AvgIpc) is 3.64. The van der Waals surface area contributed by atoms with E-state index in [1.54, 1.807) is 23.1 Å². The Kier molecular flexibility index (Phi) is 11.9. The summed E-state index contributed by atoms with van der Waals surface area (Å²) in [7, 11) is -2.67. The number of carbonyl (C=O) groups is 5. The minimum atomic E-state index is -4.12. The quantitative estimate of drug-likeness (QED) is 0.200. The van der Waals surface area contributed by atoms with Crippen LogP contribution >= 0.6 is 0 Å². The number of likely N-dealkylation sites (tertiary alicyclic amines) is 1. The Morgan fingerprint density at radius 2 is 1.53 bits per heavy atom. The predicted octanol–water partition coefficient (Wildman–Crippen LogP) is 4.29. The van der Waals surface area contributed by atoms with Crippen LogP contribution in [0.2, 0.25) is 0 Å². The van der Waals surface area contributed by atoms with Crippen LogP contribution in [0.15, 0.2) is 43.0 Å². The van der Waals surface area contributed by atoms with Crippen LogP contribution in [0.1, 0.15) is 123 Å². The normalized spacial score (nSPS) is 29.8. The number of rotatable bonds is 14. The third-order valence-corrected chi connectivity index (χ3v) is 17.2. The number of carbonyl (C=O) groups excluding carboxylic acids is 5. The molecule has 15 heteroatoms. The van der Waals surface area contributed by atoms with Gasteiger partial charge in [-0.1, -0.05) is 96.7 Å².